The SMILES string of the molecule is OC(c1ccc(F)cc1Br)c1c(F)cc(F)cc1F. The van der Waals surface area contributed by atoms with Crippen LogP contribution in [0.25, 0.3) is 0 Å². The van der Waals surface area contributed by atoms with E-state index in [1.54, 1.807) is 0 Å². The van der Waals surface area contributed by atoms with Crippen molar-refractivity contribution in [1.82, 2.24) is 0 Å². The van der Waals surface area contributed by atoms with Crippen LogP contribution >= 0.6 is 15.9 Å². The fraction of sp³-hybridized carbons (Fsp3) is 0.0769. The average Bonchev–Trinajstić information content (AvgIpc) is 2.26. The molecule has 100 valence electrons. The second kappa shape index (κ2) is 5.30. The van der Waals surface area contributed by atoms with Gasteiger partial charge in [0.05, 0.1) is 5.56 Å². The van der Waals surface area contributed by atoms with Crippen LogP contribution in [0.15, 0.2) is 34.8 Å². The van der Waals surface area contributed by atoms with Crippen molar-refractivity contribution in [1.29, 1.82) is 0 Å². The van der Waals surface area contributed by atoms with Crippen LogP contribution in [0.1, 0.15) is 17.2 Å². The average molecular weight is 335 g/mol. The van der Waals surface area contributed by atoms with E-state index in [1.165, 1.54) is 6.07 Å². The highest BCUT2D eigenvalue weighted by atomic mass is 79.9. The third kappa shape index (κ3) is 2.79. The molecule has 0 saturated carbocycles. The third-order valence-corrected chi connectivity index (χ3v) is 3.26. The maximum Gasteiger partial charge on any atom is 0.135 e. The molecule has 0 aliphatic carbocycles. The molecule has 0 spiro atoms. The number of benzene rings is 2. The largest absolute Gasteiger partial charge is 0.383 e. The van der Waals surface area contributed by atoms with E-state index in [9.17, 15) is 22.7 Å². The van der Waals surface area contributed by atoms with Crippen LogP contribution in [0.3, 0.4) is 0 Å². The second-order valence-electron chi connectivity index (χ2n) is 3.85. The number of hydrogen-bond acceptors (Lipinski definition) is 1. The van der Waals surface area contributed by atoms with Crippen molar-refractivity contribution in [2.75, 3.05) is 0 Å². The number of halogens is 5. The molecule has 1 atom stereocenters. The van der Waals surface area contributed by atoms with Crippen LogP contribution in [0, 0.1) is 23.3 Å². The molecule has 1 unspecified atom stereocenters. The first-order chi connectivity index (χ1) is 8.90. The molecule has 1 N–H and O–H groups in total. The van der Waals surface area contributed by atoms with Crippen molar-refractivity contribution in [3.63, 3.8) is 0 Å². The lowest BCUT2D eigenvalue weighted by Gasteiger charge is -2.15. The van der Waals surface area contributed by atoms with Crippen LogP contribution in [-0.4, -0.2) is 5.11 Å². The topological polar surface area (TPSA) is 20.2 Å². The highest BCUT2D eigenvalue weighted by Crippen LogP contribution is 2.32. The highest BCUT2D eigenvalue weighted by Gasteiger charge is 2.22. The Morgan fingerprint density at radius 1 is 0.895 bits per heavy atom. The van der Waals surface area contributed by atoms with Gasteiger partial charge in [-0.15, -0.1) is 0 Å². The minimum Gasteiger partial charge on any atom is -0.383 e. The summed E-state index contributed by atoms with van der Waals surface area (Å²) in [5.74, 6) is -4.06. The summed E-state index contributed by atoms with van der Waals surface area (Å²) in [6, 6.07) is 4.23. The third-order valence-electron chi connectivity index (χ3n) is 2.57. The quantitative estimate of drug-likeness (QED) is 0.820. The van der Waals surface area contributed by atoms with E-state index in [-0.39, 0.29) is 10.0 Å². The first-order valence-corrected chi connectivity index (χ1v) is 5.97. The first-order valence-electron chi connectivity index (χ1n) is 5.17. The smallest absolute Gasteiger partial charge is 0.135 e. The van der Waals surface area contributed by atoms with Gasteiger partial charge in [0.2, 0.25) is 0 Å². The van der Waals surface area contributed by atoms with Gasteiger partial charge in [-0.2, -0.15) is 0 Å². The van der Waals surface area contributed by atoms with Gasteiger partial charge >= 0.3 is 0 Å². The van der Waals surface area contributed by atoms with Crippen molar-refractivity contribution in [2.45, 2.75) is 6.10 Å². The van der Waals surface area contributed by atoms with E-state index in [0.29, 0.717) is 12.1 Å². The molecule has 0 aliphatic rings. The van der Waals surface area contributed by atoms with Crippen LogP contribution < -0.4 is 0 Å². The number of aliphatic hydroxyl groups excluding tert-OH is 1. The van der Waals surface area contributed by atoms with Crippen LogP contribution in [0.5, 0.6) is 0 Å². The summed E-state index contributed by atoms with van der Waals surface area (Å²) < 4.78 is 52.9. The second-order valence-corrected chi connectivity index (χ2v) is 4.71. The van der Waals surface area contributed by atoms with Crippen LogP contribution in [-0.2, 0) is 0 Å². The molecule has 2 aromatic rings. The van der Waals surface area contributed by atoms with Crippen molar-refractivity contribution in [2.24, 2.45) is 0 Å². The summed E-state index contributed by atoms with van der Waals surface area (Å²) in [4.78, 5) is 0. The first kappa shape index (κ1) is 14.0. The molecule has 0 bridgehead atoms. The van der Waals surface area contributed by atoms with E-state index < -0.39 is 34.9 Å². The lowest BCUT2D eigenvalue weighted by atomic mass is 10.0. The Labute approximate surface area is 114 Å². The zero-order chi connectivity index (χ0) is 14.2. The Morgan fingerprint density at radius 3 is 2.00 bits per heavy atom. The lowest BCUT2D eigenvalue weighted by molar-refractivity contribution is 0.207. The Bertz CT molecular complexity index is 607. The normalized spacial score (nSPS) is 12.5. The summed E-state index contributed by atoms with van der Waals surface area (Å²) in [7, 11) is 0. The molecule has 0 fully saturated rings. The van der Waals surface area contributed by atoms with E-state index in [0.717, 1.165) is 12.1 Å². The molecule has 0 radical (unpaired) electrons. The molecular formula is C13H7BrF4O. The Balaban J connectivity index is 2.53. The molecule has 2 aromatic carbocycles. The van der Waals surface area contributed by atoms with Gasteiger partial charge in [0.1, 0.15) is 29.4 Å². The summed E-state index contributed by atoms with van der Waals surface area (Å²) in [6.07, 6.45) is -1.67. The van der Waals surface area contributed by atoms with Gasteiger partial charge in [0, 0.05) is 16.6 Å². The van der Waals surface area contributed by atoms with Gasteiger partial charge in [0.15, 0.2) is 0 Å². The Kier molecular flexibility index (Phi) is 3.91. The standard InChI is InChI=1S/C13H7BrF4O/c14-9-3-6(15)1-2-8(9)13(19)12-10(17)4-7(16)5-11(12)18/h1-5,13,19H. The highest BCUT2D eigenvalue weighted by molar-refractivity contribution is 9.10. The molecule has 1 nitrogen and oxygen atoms in total. The van der Waals surface area contributed by atoms with Gasteiger partial charge in [-0.25, -0.2) is 17.6 Å². The summed E-state index contributed by atoms with van der Waals surface area (Å²) in [6.45, 7) is 0. The zero-order valence-corrected chi connectivity index (χ0v) is 10.9. The molecule has 0 amide bonds. The van der Waals surface area contributed by atoms with Gasteiger partial charge in [0.25, 0.3) is 0 Å². The van der Waals surface area contributed by atoms with Gasteiger partial charge in [-0.05, 0) is 17.7 Å². The van der Waals surface area contributed by atoms with Gasteiger partial charge in [-0.3, -0.25) is 0 Å². The maximum atomic E-state index is 13.5. The molecule has 6 heteroatoms. The van der Waals surface area contributed by atoms with Crippen LogP contribution in [0.4, 0.5) is 17.6 Å². The zero-order valence-electron chi connectivity index (χ0n) is 9.30. The maximum absolute atomic E-state index is 13.5. The summed E-state index contributed by atoms with van der Waals surface area (Å²) >= 11 is 2.99. The van der Waals surface area contributed by atoms with E-state index in [2.05, 4.69) is 15.9 Å². The van der Waals surface area contributed by atoms with Gasteiger partial charge < -0.3 is 5.11 Å². The number of aliphatic hydroxyl groups is 1. The molecule has 2 rings (SSSR count). The van der Waals surface area contributed by atoms with E-state index in [4.69, 9.17) is 0 Å². The molecule has 0 heterocycles. The van der Waals surface area contributed by atoms with Crippen LogP contribution in [0.2, 0.25) is 0 Å². The minimum absolute atomic E-state index is 0.0748. The predicted octanol–water partition coefficient (Wildman–Crippen LogP) is 4.09. The fourth-order valence-electron chi connectivity index (χ4n) is 1.69. The Morgan fingerprint density at radius 2 is 1.47 bits per heavy atom. The summed E-state index contributed by atoms with van der Waals surface area (Å²) in [5, 5.41) is 9.96. The minimum atomic E-state index is -1.67. The number of hydrogen-bond donors (Lipinski definition) is 1. The Hall–Kier alpha value is -1.40. The molecule has 19 heavy (non-hydrogen) atoms. The molecule has 0 aromatic heterocycles. The molecule has 0 saturated heterocycles. The predicted molar refractivity (Wildman–Crippen MR) is 64.5 cm³/mol. The molecular weight excluding hydrogens is 328 g/mol. The van der Waals surface area contributed by atoms with Crippen molar-refractivity contribution >= 4 is 15.9 Å². The van der Waals surface area contributed by atoms with E-state index >= 15 is 0 Å². The monoisotopic (exact) mass is 334 g/mol. The van der Waals surface area contributed by atoms with Gasteiger partial charge in [-0.1, -0.05) is 22.0 Å². The van der Waals surface area contributed by atoms with E-state index in [1.807, 2.05) is 0 Å². The lowest BCUT2D eigenvalue weighted by Crippen LogP contribution is -2.07. The van der Waals surface area contributed by atoms with Crippen molar-refractivity contribution < 1.29 is 22.7 Å². The van der Waals surface area contributed by atoms with Crippen molar-refractivity contribution in [3.8, 4) is 0 Å². The fourth-order valence-corrected chi connectivity index (χ4v) is 2.26. The number of rotatable bonds is 2. The summed E-state index contributed by atoms with van der Waals surface area (Å²) in [5.41, 5.74) is -0.612. The molecule has 0 aliphatic heterocycles. The van der Waals surface area contributed by atoms with Crippen molar-refractivity contribution in [3.05, 3.63) is 69.2 Å².